The fourth-order valence-electron chi connectivity index (χ4n) is 6.47. The zero-order chi connectivity index (χ0) is 35.0. The molecule has 4 aromatic carbocycles. The second-order valence-corrected chi connectivity index (χ2v) is 12.4. The molecular formula is C39H40N6O5. The predicted octanol–water partition coefficient (Wildman–Crippen LogP) is 4.06. The summed E-state index contributed by atoms with van der Waals surface area (Å²) in [6.45, 7) is 4.83. The van der Waals surface area contributed by atoms with Gasteiger partial charge in [0.15, 0.2) is 0 Å². The largest absolute Gasteiger partial charge is 0.508 e. The molecule has 3 N–H and O–H groups in total. The number of piperazine rings is 1. The second kappa shape index (κ2) is 15.5. The molecule has 2 fully saturated rings. The van der Waals surface area contributed by atoms with Crippen LogP contribution in [0.15, 0.2) is 122 Å². The van der Waals surface area contributed by atoms with Crippen molar-refractivity contribution in [3.63, 3.8) is 0 Å². The topological polar surface area (TPSA) is 126 Å². The third-order valence-electron chi connectivity index (χ3n) is 8.89. The van der Waals surface area contributed by atoms with Gasteiger partial charge in [-0.1, -0.05) is 91.0 Å². The van der Waals surface area contributed by atoms with Crippen LogP contribution in [-0.4, -0.2) is 80.5 Å². The Morgan fingerprint density at radius 2 is 1.44 bits per heavy atom. The minimum Gasteiger partial charge on any atom is -0.508 e. The highest BCUT2D eigenvalue weighted by molar-refractivity contribution is 5.94. The lowest BCUT2D eigenvalue weighted by atomic mass is 9.98. The van der Waals surface area contributed by atoms with Crippen molar-refractivity contribution in [2.24, 2.45) is 0 Å². The third kappa shape index (κ3) is 7.85. The summed E-state index contributed by atoms with van der Waals surface area (Å²) in [6, 6.07) is 31.5. The first-order chi connectivity index (χ1) is 24.3. The van der Waals surface area contributed by atoms with Crippen LogP contribution in [-0.2, 0) is 35.6 Å². The molecule has 50 heavy (non-hydrogen) atoms. The van der Waals surface area contributed by atoms with E-state index in [1.54, 1.807) is 58.4 Å². The van der Waals surface area contributed by atoms with Crippen molar-refractivity contribution in [2.75, 3.05) is 19.6 Å². The average Bonchev–Trinajstić information content (AvgIpc) is 3.13. The van der Waals surface area contributed by atoms with Gasteiger partial charge in [0.2, 0.25) is 11.8 Å². The van der Waals surface area contributed by atoms with Crippen LogP contribution >= 0.6 is 0 Å². The van der Waals surface area contributed by atoms with Gasteiger partial charge in [-0.25, -0.2) is 14.8 Å². The Kier molecular flexibility index (Phi) is 10.5. The number of carbonyl (C=O) groups is 4. The summed E-state index contributed by atoms with van der Waals surface area (Å²) in [5.74, 6) is -0.705. The summed E-state index contributed by atoms with van der Waals surface area (Å²) in [5.41, 5.74) is 3.83. The van der Waals surface area contributed by atoms with Gasteiger partial charge in [-0.05, 0) is 46.5 Å². The first kappa shape index (κ1) is 33.9. The number of amides is 5. The number of urea groups is 1. The summed E-state index contributed by atoms with van der Waals surface area (Å²) in [6.07, 6.45) is 0.999. The van der Waals surface area contributed by atoms with Crippen LogP contribution in [0.5, 0.6) is 5.75 Å². The molecule has 4 aromatic rings. The molecule has 6 rings (SSSR count). The lowest BCUT2D eigenvalue weighted by molar-refractivity contribution is -0.189. The molecule has 11 nitrogen and oxygen atoms in total. The van der Waals surface area contributed by atoms with Crippen molar-refractivity contribution in [1.82, 2.24) is 30.5 Å². The maximum Gasteiger partial charge on any atom is 0.334 e. The van der Waals surface area contributed by atoms with Gasteiger partial charge in [0.25, 0.3) is 5.91 Å². The van der Waals surface area contributed by atoms with E-state index in [0.29, 0.717) is 12.1 Å². The first-order valence-electron chi connectivity index (χ1n) is 16.6. The van der Waals surface area contributed by atoms with Crippen LogP contribution in [0.3, 0.4) is 0 Å². The van der Waals surface area contributed by atoms with Gasteiger partial charge in [-0.3, -0.25) is 14.4 Å². The van der Waals surface area contributed by atoms with Gasteiger partial charge < -0.3 is 25.5 Å². The van der Waals surface area contributed by atoms with Crippen molar-refractivity contribution >= 4 is 23.8 Å². The molecule has 11 heteroatoms. The molecule has 2 aliphatic heterocycles. The van der Waals surface area contributed by atoms with E-state index >= 15 is 0 Å². The molecule has 0 bridgehead atoms. The molecule has 256 valence electrons. The van der Waals surface area contributed by atoms with Gasteiger partial charge in [-0.2, -0.15) is 0 Å². The number of nitrogens with one attached hydrogen (secondary N) is 2. The SMILES string of the molecule is C=CCN1CC(=O)N2C(Cc3ccc(O)cc3)C(=O)N(Cc3cccc(C(=O)NCc4ccccc4)c3)C[C@@H]2N1C(=O)NCc1ccccc1. The number of phenols is 1. The molecule has 0 saturated carbocycles. The Balaban J connectivity index is 1.28. The van der Waals surface area contributed by atoms with E-state index < -0.39 is 18.2 Å². The number of hydrogen-bond acceptors (Lipinski definition) is 6. The number of hydrogen-bond donors (Lipinski definition) is 3. The summed E-state index contributed by atoms with van der Waals surface area (Å²) in [4.78, 5) is 58.4. The molecule has 2 atom stereocenters. The Labute approximate surface area is 291 Å². The van der Waals surface area contributed by atoms with Gasteiger partial charge in [0.05, 0.1) is 13.1 Å². The van der Waals surface area contributed by atoms with Crippen molar-refractivity contribution in [1.29, 1.82) is 0 Å². The van der Waals surface area contributed by atoms with E-state index in [9.17, 15) is 24.3 Å². The maximum atomic E-state index is 14.3. The highest BCUT2D eigenvalue weighted by atomic mass is 16.3. The van der Waals surface area contributed by atoms with Crippen LogP contribution in [0.2, 0.25) is 0 Å². The number of carbonyl (C=O) groups excluding carboxylic acids is 4. The molecule has 1 unspecified atom stereocenters. The summed E-state index contributed by atoms with van der Waals surface area (Å²) in [7, 11) is 0. The average molecular weight is 673 g/mol. The van der Waals surface area contributed by atoms with Crippen molar-refractivity contribution in [3.8, 4) is 5.75 Å². The molecule has 0 aromatic heterocycles. The monoisotopic (exact) mass is 672 g/mol. The minimum absolute atomic E-state index is 0.0491. The maximum absolute atomic E-state index is 14.3. The number of hydrazine groups is 1. The smallest absolute Gasteiger partial charge is 0.334 e. The Morgan fingerprint density at radius 1 is 0.800 bits per heavy atom. The normalized spacial score (nSPS) is 17.6. The van der Waals surface area contributed by atoms with E-state index in [2.05, 4.69) is 17.2 Å². The lowest BCUT2D eigenvalue weighted by Gasteiger charge is -2.55. The fourth-order valence-corrected chi connectivity index (χ4v) is 6.47. The van der Waals surface area contributed by atoms with E-state index in [4.69, 9.17) is 0 Å². The third-order valence-corrected chi connectivity index (χ3v) is 8.89. The van der Waals surface area contributed by atoms with E-state index in [-0.39, 0.29) is 62.6 Å². The number of benzene rings is 4. The van der Waals surface area contributed by atoms with Crippen molar-refractivity contribution in [3.05, 3.63) is 150 Å². The van der Waals surface area contributed by atoms with E-state index in [1.807, 2.05) is 66.7 Å². The van der Waals surface area contributed by atoms with Gasteiger partial charge in [-0.15, -0.1) is 6.58 Å². The summed E-state index contributed by atoms with van der Waals surface area (Å²) < 4.78 is 0. The lowest BCUT2D eigenvalue weighted by Crippen LogP contribution is -2.76. The molecule has 5 amide bonds. The van der Waals surface area contributed by atoms with Crippen LogP contribution in [0, 0.1) is 0 Å². The van der Waals surface area contributed by atoms with Crippen LogP contribution in [0.1, 0.15) is 32.6 Å². The highest BCUT2D eigenvalue weighted by Crippen LogP contribution is 2.30. The Morgan fingerprint density at radius 3 is 2.10 bits per heavy atom. The van der Waals surface area contributed by atoms with Gasteiger partial charge >= 0.3 is 6.03 Å². The molecule has 0 spiro atoms. The number of rotatable bonds is 11. The molecule has 0 aliphatic carbocycles. The van der Waals surface area contributed by atoms with E-state index in [1.165, 1.54) is 9.91 Å². The highest BCUT2D eigenvalue weighted by Gasteiger charge is 2.51. The molecule has 0 radical (unpaired) electrons. The first-order valence-corrected chi connectivity index (χ1v) is 16.6. The second-order valence-electron chi connectivity index (χ2n) is 12.4. The molecule has 2 aliphatic rings. The van der Waals surface area contributed by atoms with Crippen LogP contribution in [0.4, 0.5) is 4.79 Å². The molecule has 2 heterocycles. The van der Waals surface area contributed by atoms with Crippen molar-refractivity contribution < 1.29 is 24.3 Å². The zero-order valence-corrected chi connectivity index (χ0v) is 27.7. The number of fused-ring (bicyclic) bond motifs is 1. The summed E-state index contributed by atoms with van der Waals surface area (Å²) in [5, 5.41) is 19.0. The Bertz CT molecular complexity index is 1830. The van der Waals surface area contributed by atoms with Gasteiger partial charge in [0.1, 0.15) is 18.0 Å². The Hall–Kier alpha value is -5.94. The standard InChI is InChI=1S/C39H40N6O5/c1-2-20-43-27-36(47)44-34(22-28-16-18-33(46)19-17-28)38(49)42(26-35(44)45(43)39(50)41-24-30-12-7-4-8-13-30)25-31-14-9-15-32(21-31)37(48)40-23-29-10-5-3-6-11-29/h2-19,21,34-35,46H,1,20,22-27H2,(H,40,48)(H,41,50)/t34?,35-/m0/s1. The minimum atomic E-state index is -0.918. The van der Waals surface area contributed by atoms with E-state index in [0.717, 1.165) is 22.3 Å². The van der Waals surface area contributed by atoms with Crippen LogP contribution in [0.25, 0.3) is 0 Å². The molecular weight excluding hydrogens is 632 g/mol. The summed E-state index contributed by atoms with van der Waals surface area (Å²) >= 11 is 0. The quantitative estimate of drug-likeness (QED) is 0.207. The number of phenolic OH excluding ortho intramolecular Hbond substituents is 1. The predicted molar refractivity (Wildman–Crippen MR) is 188 cm³/mol. The van der Waals surface area contributed by atoms with Gasteiger partial charge in [0, 0.05) is 38.2 Å². The molecule has 2 saturated heterocycles. The van der Waals surface area contributed by atoms with Crippen molar-refractivity contribution in [2.45, 2.75) is 38.3 Å². The van der Waals surface area contributed by atoms with Crippen LogP contribution < -0.4 is 10.6 Å². The zero-order valence-electron chi connectivity index (χ0n) is 27.7. The number of aromatic hydroxyl groups is 1. The number of nitrogens with zero attached hydrogens (tertiary/aromatic N) is 4. The fraction of sp³-hybridized carbons (Fsp3) is 0.231.